The fourth-order valence-corrected chi connectivity index (χ4v) is 4.73. The van der Waals surface area contributed by atoms with E-state index in [1.807, 2.05) is 5.57 Å². The number of rotatable bonds is 0. The monoisotopic (exact) mass is 204 g/mol. The molecule has 3 rings (SSSR count). The predicted molar refractivity (Wildman–Crippen MR) is 64.6 cm³/mol. The van der Waals surface area contributed by atoms with Gasteiger partial charge >= 0.3 is 0 Å². The Bertz CT molecular complexity index is 321. The summed E-state index contributed by atoms with van der Waals surface area (Å²) in [5.74, 6) is 3.99. The summed E-state index contributed by atoms with van der Waals surface area (Å²) in [6.45, 7) is 9.90. The molecule has 0 aromatic carbocycles. The molecule has 0 unspecified atom stereocenters. The third kappa shape index (κ3) is 1.20. The quantitative estimate of drug-likeness (QED) is 0.513. The molecule has 0 radical (unpaired) electrons. The Hall–Kier alpha value is -0.260. The molecule has 0 amide bonds. The highest BCUT2D eigenvalue weighted by molar-refractivity contribution is 5.29. The van der Waals surface area contributed by atoms with Gasteiger partial charge in [-0.2, -0.15) is 0 Å². The van der Waals surface area contributed by atoms with E-state index in [1.165, 1.54) is 25.7 Å². The molecule has 3 aliphatic rings. The van der Waals surface area contributed by atoms with Crippen molar-refractivity contribution in [2.24, 2.45) is 29.1 Å². The molecule has 0 N–H and O–H groups in total. The van der Waals surface area contributed by atoms with Crippen LogP contribution in [0.2, 0.25) is 0 Å². The molecule has 0 aromatic rings. The largest absolute Gasteiger partial charge is 0.0738 e. The predicted octanol–water partition coefficient (Wildman–Crippen LogP) is 4.42. The van der Waals surface area contributed by atoms with Gasteiger partial charge in [-0.25, -0.2) is 0 Å². The second-order valence-electron chi connectivity index (χ2n) is 6.84. The molecule has 4 atom stereocenters. The van der Waals surface area contributed by atoms with Crippen LogP contribution in [0.15, 0.2) is 11.1 Å². The maximum Gasteiger partial charge on any atom is -0.0138 e. The van der Waals surface area contributed by atoms with E-state index in [0.29, 0.717) is 5.41 Å². The minimum atomic E-state index is 0.662. The summed E-state index contributed by atoms with van der Waals surface area (Å²) in [5, 5.41) is 0. The summed E-state index contributed by atoms with van der Waals surface area (Å²) < 4.78 is 0. The van der Waals surface area contributed by atoms with Crippen molar-refractivity contribution in [2.75, 3.05) is 0 Å². The molecule has 0 aromatic heterocycles. The van der Waals surface area contributed by atoms with Gasteiger partial charge in [0.2, 0.25) is 0 Å². The van der Waals surface area contributed by atoms with Crippen LogP contribution in [0.5, 0.6) is 0 Å². The highest BCUT2D eigenvalue weighted by Gasteiger charge is 2.62. The van der Waals surface area contributed by atoms with Crippen molar-refractivity contribution < 1.29 is 0 Å². The lowest BCUT2D eigenvalue weighted by atomic mass is 9.85. The fraction of sp³-hybridized carbons (Fsp3) is 0.867. The Balaban J connectivity index is 1.99. The van der Waals surface area contributed by atoms with Crippen molar-refractivity contribution >= 4 is 0 Å². The average molecular weight is 204 g/mol. The topological polar surface area (TPSA) is 0 Å². The molecule has 0 bridgehead atoms. The van der Waals surface area contributed by atoms with E-state index in [9.17, 15) is 0 Å². The van der Waals surface area contributed by atoms with E-state index >= 15 is 0 Å². The first-order chi connectivity index (χ1) is 7.03. The summed E-state index contributed by atoms with van der Waals surface area (Å²) in [5.41, 5.74) is 4.29. The van der Waals surface area contributed by atoms with Crippen LogP contribution < -0.4 is 0 Å². The van der Waals surface area contributed by atoms with Crippen LogP contribution in [0.25, 0.3) is 0 Å². The lowest BCUT2D eigenvalue weighted by molar-refractivity contribution is 0.362. The van der Waals surface area contributed by atoms with Gasteiger partial charge in [0, 0.05) is 0 Å². The lowest BCUT2D eigenvalue weighted by Crippen LogP contribution is -2.12. The van der Waals surface area contributed by atoms with Crippen LogP contribution in [-0.2, 0) is 0 Å². The smallest absolute Gasteiger partial charge is 0.0138 e. The molecule has 2 saturated carbocycles. The Kier molecular flexibility index (Phi) is 1.92. The van der Waals surface area contributed by atoms with Gasteiger partial charge in [-0.3, -0.25) is 0 Å². The van der Waals surface area contributed by atoms with Gasteiger partial charge < -0.3 is 0 Å². The number of hydrogen-bond acceptors (Lipinski definition) is 0. The molecule has 84 valence electrons. The SMILES string of the molecule is CC1=C2CC[C@H](C)[C@H]2[C@H]2[C@@H](CC1)C2(C)C. The van der Waals surface area contributed by atoms with Crippen molar-refractivity contribution in [3.8, 4) is 0 Å². The maximum absolute atomic E-state index is 2.51. The first-order valence-electron chi connectivity index (χ1n) is 6.72. The van der Waals surface area contributed by atoms with Gasteiger partial charge in [0.15, 0.2) is 0 Å². The highest BCUT2D eigenvalue weighted by atomic mass is 14.7. The van der Waals surface area contributed by atoms with E-state index < -0.39 is 0 Å². The van der Waals surface area contributed by atoms with Crippen LogP contribution in [-0.4, -0.2) is 0 Å². The Morgan fingerprint density at radius 1 is 1.13 bits per heavy atom. The zero-order valence-corrected chi connectivity index (χ0v) is 10.6. The van der Waals surface area contributed by atoms with Crippen LogP contribution in [0.4, 0.5) is 0 Å². The van der Waals surface area contributed by atoms with Crippen molar-refractivity contribution in [3.05, 3.63) is 11.1 Å². The minimum absolute atomic E-state index is 0.662. The minimum Gasteiger partial charge on any atom is -0.0738 e. The molecule has 0 spiro atoms. The lowest BCUT2D eigenvalue weighted by Gasteiger charge is -2.20. The standard InChI is InChI=1S/C15H24/c1-9-6-8-12-14(15(12,3)4)13-10(2)5-7-11(9)13/h10,12-14H,5-8H2,1-4H3/t10-,12+,13+,14+/m0/s1. The average Bonchev–Trinajstić information content (AvgIpc) is 2.55. The van der Waals surface area contributed by atoms with Gasteiger partial charge in [0.25, 0.3) is 0 Å². The summed E-state index contributed by atoms with van der Waals surface area (Å²) in [6.07, 6.45) is 5.73. The number of fused-ring (bicyclic) bond motifs is 3. The highest BCUT2D eigenvalue weighted by Crippen LogP contribution is 2.69. The van der Waals surface area contributed by atoms with Gasteiger partial charge in [0.1, 0.15) is 0 Å². The Morgan fingerprint density at radius 2 is 1.87 bits per heavy atom. The molecular formula is C15H24. The van der Waals surface area contributed by atoms with Crippen molar-refractivity contribution in [1.29, 1.82) is 0 Å². The van der Waals surface area contributed by atoms with E-state index in [2.05, 4.69) is 27.7 Å². The number of allylic oxidation sites excluding steroid dienone is 2. The van der Waals surface area contributed by atoms with Crippen molar-refractivity contribution in [3.63, 3.8) is 0 Å². The third-order valence-electron chi connectivity index (χ3n) is 5.79. The second-order valence-corrected chi connectivity index (χ2v) is 6.84. The molecular weight excluding hydrogens is 180 g/mol. The van der Waals surface area contributed by atoms with E-state index in [-0.39, 0.29) is 0 Å². The van der Waals surface area contributed by atoms with Crippen LogP contribution in [0, 0.1) is 29.1 Å². The first kappa shape index (κ1) is 9.93. The molecule has 15 heavy (non-hydrogen) atoms. The third-order valence-corrected chi connectivity index (χ3v) is 5.79. The molecule has 3 aliphatic carbocycles. The van der Waals surface area contributed by atoms with Gasteiger partial charge in [-0.1, -0.05) is 31.9 Å². The molecule has 2 fully saturated rings. The van der Waals surface area contributed by atoms with Crippen LogP contribution in [0.3, 0.4) is 0 Å². The summed E-state index contributed by atoms with van der Waals surface area (Å²) in [4.78, 5) is 0. The molecule has 0 nitrogen and oxygen atoms in total. The maximum atomic E-state index is 2.51. The van der Waals surface area contributed by atoms with Gasteiger partial charge in [-0.05, 0) is 61.7 Å². The molecule has 0 aliphatic heterocycles. The van der Waals surface area contributed by atoms with Gasteiger partial charge in [-0.15, -0.1) is 0 Å². The van der Waals surface area contributed by atoms with Crippen molar-refractivity contribution in [2.45, 2.75) is 53.4 Å². The summed E-state index contributed by atoms with van der Waals surface area (Å²) in [6, 6.07) is 0. The fourth-order valence-electron chi connectivity index (χ4n) is 4.73. The van der Waals surface area contributed by atoms with E-state index in [0.717, 1.165) is 23.7 Å². The zero-order chi connectivity index (χ0) is 10.8. The molecule has 0 heterocycles. The summed E-state index contributed by atoms with van der Waals surface area (Å²) in [7, 11) is 0. The zero-order valence-electron chi connectivity index (χ0n) is 10.6. The van der Waals surface area contributed by atoms with Gasteiger partial charge in [0.05, 0.1) is 0 Å². The normalized spacial score (nSPS) is 47.2. The van der Waals surface area contributed by atoms with Crippen LogP contribution >= 0.6 is 0 Å². The second kappa shape index (κ2) is 2.90. The molecule has 0 heteroatoms. The van der Waals surface area contributed by atoms with Crippen molar-refractivity contribution in [1.82, 2.24) is 0 Å². The van der Waals surface area contributed by atoms with E-state index in [4.69, 9.17) is 0 Å². The van der Waals surface area contributed by atoms with Crippen LogP contribution in [0.1, 0.15) is 53.4 Å². The first-order valence-corrected chi connectivity index (χ1v) is 6.72. The number of hydrogen-bond donors (Lipinski definition) is 0. The molecule has 0 saturated heterocycles. The van der Waals surface area contributed by atoms with E-state index in [1.54, 1.807) is 5.57 Å². The Labute approximate surface area is 94.1 Å². The summed E-state index contributed by atoms with van der Waals surface area (Å²) >= 11 is 0. The Morgan fingerprint density at radius 3 is 2.60 bits per heavy atom.